The van der Waals surface area contributed by atoms with E-state index < -0.39 is 0 Å². The van der Waals surface area contributed by atoms with Crippen molar-refractivity contribution in [2.45, 2.75) is 6.92 Å². The Kier molecular flexibility index (Phi) is 3.14. The average molecular weight is 295 g/mol. The largest absolute Gasteiger partial charge is 0.395 e. The van der Waals surface area contributed by atoms with Gasteiger partial charge in [-0.1, -0.05) is 12.1 Å². The monoisotopic (exact) mass is 294 g/mol. The van der Waals surface area contributed by atoms with Gasteiger partial charge in [0.1, 0.15) is 0 Å². The molecule has 0 saturated carbocycles. The highest BCUT2D eigenvalue weighted by Crippen LogP contribution is 2.22. The molecule has 17 heavy (non-hydrogen) atoms. The molecule has 0 unspecified atom stereocenters. The van der Waals surface area contributed by atoms with E-state index in [0.717, 1.165) is 4.47 Å². The van der Waals surface area contributed by atoms with Crippen molar-refractivity contribution in [1.82, 2.24) is 10.2 Å². The predicted octanol–water partition coefficient (Wildman–Crippen LogP) is 2.32. The maximum Gasteiger partial charge on any atom is 0.278 e. The van der Waals surface area contributed by atoms with Crippen molar-refractivity contribution in [2.24, 2.45) is 0 Å². The molecule has 1 aromatic carbocycles. The number of rotatable bonds is 2. The minimum absolute atomic E-state index is 0.207. The number of H-pyrrole nitrogens is 1. The van der Waals surface area contributed by atoms with Crippen LogP contribution in [0.25, 0.3) is 0 Å². The van der Waals surface area contributed by atoms with Crippen LogP contribution in [-0.4, -0.2) is 16.1 Å². The fourth-order valence-corrected chi connectivity index (χ4v) is 1.74. The Hall–Kier alpha value is -1.82. The number of para-hydroxylation sites is 1. The molecule has 0 saturated heterocycles. The number of aryl methyl sites for hydroxylation is 1. The molecule has 0 bridgehead atoms. The van der Waals surface area contributed by atoms with E-state index in [0.29, 0.717) is 17.1 Å². The van der Waals surface area contributed by atoms with E-state index in [4.69, 9.17) is 5.73 Å². The molecule has 0 spiro atoms. The van der Waals surface area contributed by atoms with E-state index in [9.17, 15) is 4.79 Å². The van der Waals surface area contributed by atoms with Gasteiger partial charge in [-0.2, -0.15) is 5.10 Å². The quantitative estimate of drug-likeness (QED) is 0.795. The highest BCUT2D eigenvalue weighted by Gasteiger charge is 2.15. The zero-order valence-corrected chi connectivity index (χ0v) is 10.7. The number of carbonyl (C=O) groups is 1. The summed E-state index contributed by atoms with van der Waals surface area (Å²) in [5.74, 6) is -0.334. The average Bonchev–Trinajstić information content (AvgIpc) is 2.63. The lowest BCUT2D eigenvalue weighted by Crippen LogP contribution is -2.14. The van der Waals surface area contributed by atoms with Gasteiger partial charge in [0.05, 0.1) is 17.1 Å². The summed E-state index contributed by atoms with van der Waals surface area (Å²) >= 11 is 3.35. The first kappa shape index (κ1) is 11.7. The SMILES string of the molecule is Cc1[nH]nc(C(=O)Nc2ccccc2Br)c1N. The molecule has 1 aromatic heterocycles. The highest BCUT2D eigenvalue weighted by atomic mass is 79.9. The van der Waals surface area contributed by atoms with Crippen LogP contribution >= 0.6 is 15.9 Å². The van der Waals surface area contributed by atoms with Gasteiger partial charge in [0.15, 0.2) is 5.69 Å². The molecule has 1 amide bonds. The van der Waals surface area contributed by atoms with Gasteiger partial charge in [0.25, 0.3) is 5.91 Å². The van der Waals surface area contributed by atoms with Crippen LogP contribution < -0.4 is 11.1 Å². The summed E-state index contributed by atoms with van der Waals surface area (Å²) < 4.78 is 0.805. The van der Waals surface area contributed by atoms with E-state index in [1.807, 2.05) is 18.2 Å². The van der Waals surface area contributed by atoms with Gasteiger partial charge < -0.3 is 11.1 Å². The number of hydrogen-bond acceptors (Lipinski definition) is 3. The molecule has 0 fully saturated rings. The van der Waals surface area contributed by atoms with Crippen LogP contribution in [-0.2, 0) is 0 Å². The normalized spacial score (nSPS) is 10.2. The second-order valence-corrected chi connectivity index (χ2v) is 4.40. The molecule has 6 heteroatoms. The number of nitrogens with two attached hydrogens (primary N) is 1. The van der Waals surface area contributed by atoms with Crippen LogP contribution in [0.2, 0.25) is 0 Å². The van der Waals surface area contributed by atoms with E-state index in [1.165, 1.54) is 0 Å². The first-order chi connectivity index (χ1) is 8.09. The molecule has 0 atom stereocenters. The summed E-state index contributed by atoms with van der Waals surface area (Å²) in [5.41, 5.74) is 7.67. The maximum atomic E-state index is 11.9. The zero-order chi connectivity index (χ0) is 12.4. The van der Waals surface area contributed by atoms with Crippen LogP contribution in [0.3, 0.4) is 0 Å². The summed E-state index contributed by atoms with van der Waals surface area (Å²) in [4.78, 5) is 11.9. The van der Waals surface area contributed by atoms with Gasteiger partial charge in [-0.15, -0.1) is 0 Å². The summed E-state index contributed by atoms with van der Waals surface area (Å²) in [7, 11) is 0. The number of anilines is 2. The Bertz CT molecular complexity index is 564. The van der Waals surface area contributed by atoms with E-state index in [-0.39, 0.29) is 11.6 Å². The third-order valence-electron chi connectivity index (χ3n) is 2.33. The van der Waals surface area contributed by atoms with Crippen molar-refractivity contribution in [3.63, 3.8) is 0 Å². The Morgan fingerprint density at radius 3 is 2.76 bits per heavy atom. The Morgan fingerprint density at radius 2 is 2.18 bits per heavy atom. The van der Waals surface area contributed by atoms with Crippen LogP contribution in [0.5, 0.6) is 0 Å². The second-order valence-electron chi connectivity index (χ2n) is 3.54. The zero-order valence-electron chi connectivity index (χ0n) is 9.12. The number of carbonyl (C=O) groups excluding carboxylic acids is 1. The number of amides is 1. The summed E-state index contributed by atoms with van der Waals surface area (Å²) in [5, 5.41) is 9.27. The van der Waals surface area contributed by atoms with Gasteiger partial charge in [-0.3, -0.25) is 9.89 Å². The smallest absolute Gasteiger partial charge is 0.278 e. The van der Waals surface area contributed by atoms with E-state index in [2.05, 4.69) is 31.4 Å². The number of benzene rings is 1. The molecule has 5 nitrogen and oxygen atoms in total. The topological polar surface area (TPSA) is 83.8 Å². The van der Waals surface area contributed by atoms with Gasteiger partial charge >= 0.3 is 0 Å². The number of aromatic nitrogens is 2. The third-order valence-corrected chi connectivity index (χ3v) is 3.02. The van der Waals surface area contributed by atoms with Crippen LogP contribution in [0, 0.1) is 6.92 Å². The van der Waals surface area contributed by atoms with Crippen molar-refractivity contribution in [3.8, 4) is 0 Å². The summed E-state index contributed by atoms with van der Waals surface area (Å²) in [6.45, 7) is 1.76. The molecule has 0 radical (unpaired) electrons. The van der Waals surface area contributed by atoms with Crippen molar-refractivity contribution < 1.29 is 4.79 Å². The van der Waals surface area contributed by atoms with Gasteiger partial charge in [-0.25, -0.2) is 0 Å². The Labute approximate surface area is 107 Å². The first-order valence-electron chi connectivity index (χ1n) is 4.96. The molecule has 0 aliphatic heterocycles. The number of nitrogen functional groups attached to an aromatic ring is 1. The van der Waals surface area contributed by atoms with Crippen molar-refractivity contribution in [2.75, 3.05) is 11.1 Å². The van der Waals surface area contributed by atoms with Gasteiger partial charge in [0, 0.05) is 4.47 Å². The Balaban J connectivity index is 2.23. The summed E-state index contributed by atoms with van der Waals surface area (Å²) in [6, 6.07) is 7.33. The lowest BCUT2D eigenvalue weighted by atomic mass is 10.2. The summed E-state index contributed by atoms with van der Waals surface area (Å²) in [6.07, 6.45) is 0. The molecule has 0 aliphatic carbocycles. The second kappa shape index (κ2) is 4.58. The fourth-order valence-electron chi connectivity index (χ4n) is 1.35. The van der Waals surface area contributed by atoms with Crippen LogP contribution in [0.15, 0.2) is 28.7 Å². The fraction of sp³-hybridized carbons (Fsp3) is 0.0909. The van der Waals surface area contributed by atoms with Crippen molar-refractivity contribution >= 4 is 33.2 Å². The lowest BCUT2D eigenvalue weighted by Gasteiger charge is -2.05. The molecule has 0 aliphatic rings. The van der Waals surface area contributed by atoms with Gasteiger partial charge in [-0.05, 0) is 35.0 Å². The number of aromatic amines is 1. The number of hydrogen-bond donors (Lipinski definition) is 3. The molecule has 2 rings (SSSR count). The van der Waals surface area contributed by atoms with Gasteiger partial charge in [0.2, 0.25) is 0 Å². The minimum Gasteiger partial charge on any atom is -0.395 e. The first-order valence-corrected chi connectivity index (χ1v) is 5.75. The number of halogens is 1. The molecular weight excluding hydrogens is 284 g/mol. The Morgan fingerprint density at radius 1 is 1.47 bits per heavy atom. The number of nitrogens with zero attached hydrogens (tertiary/aromatic N) is 1. The molecule has 1 heterocycles. The van der Waals surface area contributed by atoms with E-state index >= 15 is 0 Å². The predicted molar refractivity (Wildman–Crippen MR) is 69.8 cm³/mol. The molecule has 4 N–H and O–H groups in total. The van der Waals surface area contributed by atoms with Crippen LogP contribution in [0.1, 0.15) is 16.2 Å². The van der Waals surface area contributed by atoms with Crippen molar-refractivity contribution in [3.05, 3.63) is 40.1 Å². The third kappa shape index (κ3) is 2.31. The number of nitrogens with one attached hydrogen (secondary N) is 2. The van der Waals surface area contributed by atoms with Crippen molar-refractivity contribution in [1.29, 1.82) is 0 Å². The molecule has 2 aromatic rings. The molecular formula is C11H11BrN4O. The maximum absolute atomic E-state index is 11.9. The molecule has 88 valence electrons. The lowest BCUT2D eigenvalue weighted by molar-refractivity contribution is 0.102. The minimum atomic E-state index is -0.334. The highest BCUT2D eigenvalue weighted by molar-refractivity contribution is 9.10. The van der Waals surface area contributed by atoms with E-state index in [1.54, 1.807) is 13.0 Å². The van der Waals surface area contributed by atoms with Crippen LogP contribution in [0.4, 0.5) is 11.4 Å². The standard InChI is InChI=1S/C11H11BrN4O/c1-6-9(13)10(16-15-6)11(17)14-8-5-3-2-4-7(8)12/h2-5H,13H2,1H3,(H,14,17)(H,15,16).